The molecule has 0 aliphatic heterocycles. The lowest BCUT2D eigenvalue weighted by Crippen LogP contribution is -2.23. The molecule has 100 valence electrons. The number of aryl methyl sites for hydroxylation is 1. The van der Waals surface area contributed by atoms with Gasteiger partial charge in [-0.3, -0.25) is 4.79 Å². The van der Waals surface area contributed by atoms with Gasteiger partial charge < -0.3 is 9.88 Å². The number of nitrogens with zero attached hydrogens (tertiary/aromatic N) is 3. The Kier molecular flexibility index (Phi) is 4.44. The van der Waals surface area contributed by atoms with Crippen molar-refractivity contribution in [1.82, 2.24) is 14.5 Å². The third kappa shape index (κ3) is 3.48. The highest BCUT2D eigenvalue weighted by Crippen LogP contribution is 2.23. The zero-order chi connectivity index (χ0) is 13.8. The van der Waals surface area contributed by atoms with Crippen LogP contribution in [0.25, 0.3) is 0 Å². The van der Waals surface area contributed by atoms with Gasteiger partial charge in [-0.15, -0.1) is 0 Å². The molecule has 0 aliphatic carbocycles. The normalized spacial score (nSPS) is 12.2. The number of aromatic nitrogens is 3. The van der Waals surface area contributed by atoms with Crippen molar-refractivity contribution in [2.45, 2.75) is 17.3 Å². The summed E-state index contributed by atoms with van der Waals surface area (Å²) in [6.45, 7) is 1.82. The fraction of sp³-hybridized carbons (Fsp3) is 0.250. The number of imidazole rings is 1. The number of carbonyl (C=O) groups excluding carboxylic acids is 1. The number of rotatable bonds is 4. The molecule has 5 nitrogen and oxygen atoms in total. The summed E-state index contributed by atoms with van der Waals surface area (Å²) in [7, 11) is 1.89. The highest BCUT2D eigenvalue weighted by molar-refractivity contribution is 8.00. The summed E-state index contributed by atoms with van der Waals surface area (Å²) in [4.78, 5) is 20.1. The van der Waals surface area contributed by atoms with Gasteiger partial charge >= 0.3 is 0 Å². The maximum Gasteiger partial charge on any atom is 0.237 e. The molecule has 0 aromatic carbocycles. The molecule has 0 fully saturated rings. The van der Waals surface area contributed by atoms with Gasteiger partial charge in [-0.05, 0) is 19.1 Å². The predicted octanol–water partition coefficient (Wildman–Crippen LogP) is 2.59. The van der Waals surface area contributed by atoms with Crippen molar-refractivity contribution in [2.75, 3.05) is 5.32 Å². The molecule has 0 spiro atoms. The van der Waals surface area contributed by atoms with Crippen molar-refractivity contribution in [3.8, 4) is 0 Å². The van der Waals surface area contributed by atoms with Gasteiger partial charge in [-0.1, -0.05) is 23.4 Å². The first-order valence-corrected chi connectivity index (χ1v) is 6.89. The summed E-state index contributed by atoms with van der Waals surface area (Å²) in [6.07, 6.45) is 5.11. The molecule has 0 saturated heterocycles. The standard InChI is InChI=1S/C12H13ClN4OS/c1-8(19-12-15-6-7-17(12)2)11(18)16-9-4-3-5-14-10(9)13/h3-8H,1-2H3,(H,16,18). The van der Waals surface area contributed by atoms with Crippen LogP contribution in [-0.2, 0) is 11.8 Å². The maximum atomic E-state index is 12.0. The third-order valence-electron chi connectivity index (χ3n) is 2.45. The topological polar surface area (TPSA) is 59.8 Å². The average molecular weight is 297 g/mol. The van der Waals surface area contributed by atoms with E-state index in [-0.39, 0.29) is 16.3 Å². The van der Waals surface area contributed by atoms with Crippen LogP contribution in [-0.4, -0.2) is 25.7 Å². The molecule has 2 aromatic rings. The number of hydrogen-bond donors (Lipinski definition) is 1. The average Bonchev–Trinajstić information content (AvgIpc) is 2.78. The summed E-state index contributed by atoms with van der Waals surface area (Å²) < 4.78 is 1.87. The molecular weight excluding hydrogens is 284 g/mol. The molecule has 0 aliphatic rings. The van der Waals surface area contributed by atoms with Crippen LogP contribution in [0.5, 0.6) is 0 Å². The van der Waals surface area contributed by atoms with Crippen molar-refractivity contribution >= 4 is 35.0 Å². The van der Waals surface area contributed by atoms with E-state index in [4.69, 9.17) is 11.6 Å². The monoisotopic (exact) mass is 296 g/mol. The van der Waals surface area contributed by atoms with E-state index in [2.05, 4.69) is 15.3 Å². The highest BCUT2D eigenvalue weighted by atomic mass is 35.5. The molecule has 19 heavy (non-hydrogen) atoms. The van der Waals surface area contributed by atoms with Crippen LogP contribution >= 0.6 is 23.4 Å². The lowest BCUT2D eigenvalue weighted by atomic mass is 10.4. The molecule has 0 radical (unpaired) electrons. The zero-order valence-corrected chi connectivity index (χ0v) is 12.1. The van der Waals surface area contributed by atoms with Crippen molar-refractivity contribution < 1.29 is 4.79 Å². The van der Waals surface area contributed by atoms with E-state index in [0.717, 1.165) is 5.16 Å². The Morgan fingerprint density at radius 2 is 2.26 bits per heavy atom. The Morgan fingerprint density at radius 1 is 1.47 bits per heavy atom. The van der Waals surface area contributed by atoms with Crippen LogP contribution in [0.1, 0.15) is 6.92 Å². The maximum absolute atomic E-state index is 12.0. The molecule has 1 N–H and O–H groups in total. The van der Waals surface area contributed by atoms with E-state index in [1.165, 1.54) is 11.8 Å². The number of thioether (sulfide) groups is 1. The minimum absolute atomic E-state index is 0.136. The van der Waals surface area contributed by atoms with E-state index >= 15 is 0 Å². The molecule has 1 atom stereocenters. The van der Waals surface area contributed by atoms with Gasteiger partial charge in [0.15, 0.2) is 10.3 Å². The fourth-order valence-electron chi connectivity index (χ4n) is 1.39. The second-order valence-corrected chi connectivity index (χ2v) is 5.58. The summed E-state index contributed by atoms with van der Waals surface area (Å²) in [5, 5.41) is 3.54. The van der Waals surface area contributed by atoms with Crippen molar-refractivity contribution in [1.29, 1.82) is 0 Å². The second kappa shape index (κ2) is 6.08. The highest BCUT2D eigenvalue weighted by Gasteiger charge is 2.17. The Labute approximate surface area is 120 Å². The van der Waals surface area contributed by atoms with Gasteiger partial charge in [0.25, 0.3) is 0 Å². The van der Waals surface area contributed by atoms with Gasteiger partial charge in [0.2, 0.25) is 5.91 Å². The molecule has 7 heteroatoms. The summed E-state index contributed by atoms with van der Waals surface area (Å²) >= 11 is 7.28. The Morgan fingerprint density at radius 3 is 2.89 bits per heavy atom. The number of nitrogens with one attached hydrogen (secondary N) is 1. The van der Waals surface area contributed by atoms with Crippen LogP contribution in [0, 0.1) is 0 Å². The fourth-order valence-corrected chi connectivity index (χ4v) is 2.39. The van der Waals surface area contributed by atoms with E-state index in [1.54, 1.807) is 24.5 Å². The summed E-state index contributed by atoms with van der Waals surface area (Å²) in [6, 6.07) is 3.43. The van der Waals surface area contributed by atoms with Crippen LogP contribution < -0.4 is 5.32 Å². The Bertz CT molecular complexity index is 587. The predicted molar refractivity (Wildman–Crippen MR) is 76.4 cm³/mol. The molecule has 0 saturated carbocycles. The molecule has 2 aromatic heterocycles. The van der Waals surface area contributed by atoms with Crippen molar-refractivity contribution in [3.05, 3.63) is 35.9 Å². The zero-order valence-electron chi connectivity index (χ0n) is 10.5. The number of hydrogen-bond acceptors (Lipinski definition) is 4. The molecule has 1 unspecified atom stereocenters. The third-order valence-corrected chi connectivity index (χ3v) is 3.92. The van der Waals surface area contributed by atoms with Crippen LogP contribution in [0.15, 0.2) is 35.9 Å². The molecule has 2 heterocycles. The van der Waals surface area contributed by atoms with Crippen molar-refractivity contribution in [2.24, 2.45) is 7.05 Å². The Hall–Kier alpha value is -1.53. The van der Waals surface area contributed by atoms with Gasteiger partial charge in [-0.25, -0.2) is 9.97 Å². The van der Waals surface area contributed by atoms with Gasteiger partial charge in [0.1, 0.15) is 0 Å². The molecule has 0 bridgehead atoms. The second-order valence-electron chi connectivity index (χ2n) is 3.91. The van der Waals surface area contributed by atoms with Gasteiger partial charge in [0.05, 0.1) is 10.9 Å². The molecule has 2 rings (SSSR count). The molecule has 1 amide bonds. The van der Waals surface area contributed by atoms with E-state index < -0.39 is 0 Å². The summed E-state index contributed by atoms with van der Waals surface area (Å²) in [5.74, 6) is -0.136. The smallest absolute Gasteiger partial charge is 0.237 e. The summed E-state index contributed by atoms with van der Waals surface area (Å²) in [5.41, 5.74) is 0.515. The first-order valence-electron chi connectivity index (χ1n) is 5.63. The minimum Gasteiger partial charge on any atom is -0.329 e. The number of pyridine rings is 1. The lowest BCUT2D eigenvalue weighted by Gasteiger charge is -2.12. The number of carbonyl (C=O) groups is 1. The SMILES string of the molecule is CC(Sc1nccn1C)C(=O)Nc1cccnc1Cl. The largest absolute Gasteiger partial charge is 0.329 e. The van der Waals surface area contributed by atoms with Crippen LogP contribution in [0.2, 0.25) is 5.15 Å². The minimum atomic E-state index is -0.280. The van der Waals surface area contributed by atoms with Gasteiger partial charge in [-0.2, -0.15) is 0 Å². The number of amides is 1. The van der Waals surface area contributed by atoms with E-state index in [1.807, 2.05) is 24.7 Å². The number of anilines is 1. The van der Waals surface area contributed by atoms with E-state index in [9.17, 15) is 4.79 Å². The Balaban J connectivity index is 2.00. The first-order chi connectivity index (χ1) is 9.08. The number of halogens is 1. The van der Waals surface area contributed by atoms with Gasteiger partial charge in [0, 0.05) is 25.6 Å². The van der Waals surface area contributed by atoms with Crippen LogP contribution in [0.3, 0.4) is 0 Å². The first kappa shape index (κ1) is 13.9. The van der Waals surface area contributed by atoms with Crippen LogP contribution in [0.4, 0.5) is 5.69 Å². The van der Waals surface area contributed by atoms with E-state index in [0.29, 0.717) is 5.69 Å². The van der Waals surface area contributed by atoms with Crippen molar-refractivity contribution in [3.63, 3.8) is 0 Å². The lowest BCUT2D eigenvalue weighted by molar-refractivity contribution is -0.115. The molecular formula is C12H13ClN4OS. The quantitative estimate of drug-likeness (QED) is 0.696.